The second-order valence-electron chi connectivity index (χ2n) is 7.36. The van der Waals surface area contributed by atoms with Gasteiger partial charge in [0.1, 0.15) is 0 Å². The van der Waals surface area contributed by atoms with E-state index in [9.17, 15) is 4.79 Å². The lowest BCUT2D eigenvalue weighted by molar-refractivity contribution is 0.100. The fourth-order valence-electron chi connectivity index (χ4n) is 4.30. The molecule has 0 saturated heterocycles. The van der Waals surface area contributed by atoms with Crippen LogP contribution in [0.15, 0.2) is 48.8 Å². The number of primary amides is 1. The van der Waals surface area contributed by atoms with Crippen molar-refractivity contribution in [3.8, 4) is 0 Å². The van der Waals surface area contributed by atoms with Gasteiger partial charge in [-0.25, -0.2) is 9.50 Å². The normalized spacial score (nSPS) is 21.6. The van der Waals surface area contributed by atoms with E-state index in [1.807, 2.05) is 47.2 Å². The maximum Gasteiger partial charge on any atom is 0.248 e. The van der Waals surface area contributed by atoms with Crippen LogP contribution in [-0.2, 0) is 0 Å². The van der Waals surface area contributed by atoms with Crippen molar-refractivity contribution in [2.45, 2.75) is 44.4 Å². The molecular formula is C21H24N4O. The van der Waals surface area contributed by atoms with Gasteiger partial charge in [-0.3, -0.25) is 4.79 Å². The quantitative estimate of drug-likeness (QED) is 0.777. The zero-order valence-corrected chi connectivity index (χ0v) is 15.0. The van der Waals surface area contributed by atoms with Crippen molar-refractivity contribution in [1.29, 1.82) is 0 Å². The first-order valence-corrected chi connectivity index (χ1v) is 9.32. The summed E-state index contributed by atoms with van der Waals surface area (Å²) >= 11 is 0. The minimum Gasteiger partial charge on any atom is -0.366 e. The number of carbonyl (C=O) groups is 1. The van der Waals surface area contributed by atoms with Crippen LogP contribution in [0.1, 0.15) is 66.1 Å². The highest BCUT2D eigenvalue weighted by molar-refractivity contribution is 5.92. The smallest absolute Gasteiger partial charge is 0.248 e. The van der Waals surface area contributed by atoms with Crippen molar-refractivity contribution < 1.29 is 4.79 Å². The number of aromatic nitrogens is 3. The molecule has 0 bridgehead atoms. The molecule has 1 fully saturated rings. The molecule has 1 atom stereocenters. The summed E-state index contributed by atoms with van der Waals surface area (Å²) in [5.41, 5.74) is 9.40. The number of amides is 1. The zero-order valence-electron chi connectivity index (χ0n) is 15.0. The van der Waals surface area contributed by atoms with E-state index < -0.39 is 0 Å². The van der Waals surface area contributed by atoms with E-state index in [0.717, 1.165) is 5.65 Å². The van der Waals surface area contributed by atoms with E-state index >= 15 is 0 Å². The molecule has 0 spiro atoms. The number of hydrogen-bond donors (Lipinski definition) is 1. The van der Waals surface area contributed by atoms with Crippen molar-refractivity contribution in [2.75, 3.05) is 0 Å². The van der Waals surface area contributed by atoms with Gasteiger partial charge >= 0.3 is 0 Å². The predicted octanol–water partition coefficient (Wildman–Crippen LogP) is 3.91. The van der Waals surface area contributed by atoms with Crippen molar-refractivity contribution in [2.24, 2.45) is 11.7 Å². The van der Waals surface area contributed by atoms with E-state index in [0.29, 0.717) is 23.3 Å². The average Bonchev–Trinajstić information content (AvgIpc) is 3.16. The number of nitrogens with zero attached hydrogens (tertiary/aromatic N) is 3. The Morgan fingerprint density at radius 2 is 1.81 bits per heavy atom. The van der Waals surface area contributed by atoms with E-state index in [2.05, 4.69) is 23.1 Å². The van der Waals surface area contributed by atoms with Crippen LogP contribution in [-0.4, -0.2) is 20.5 Å². The zero-order chi connectivity index (χ0) is 18.1. The molecule has 5 nitrogen and oxygen atoms in total. The van der Waals surface area contributed by atoms with Gasteiger partial charge < -0.3 is 5.73 Å². The Morgan fingerprint density at radius 3 is 2.50 bits per heavy atom. The molecule has 0 unspecified atom stereocenters. The number of nitrogens with two attached hydrogens (primary N) is 1. The Morgan fingerprint density at radius 1 is 1.08 bits per heavy atom. The lowest BCUT2D eigenvalue weighted by atomic mass is 9.73. The Labute approximate surface area is 153 Å². The molecule has 26 heavy (non-hydrogen) atoms. The molecule has 0 aliphatic heterocycles. The standard InChI is InChI=1S/C21H24N4O/c1-14(16-4-8-18(9-5-16)21(22)26)15-2-6-17(7-3-15)19-10-12-23-20-11-13-24-25(19)20/h4-5,8-15,17H,2-3,6-7H2,1H3,(H2,22,26)/t14-,15?,17?/m0/s1. The van der Waals surface area contributed by atoms with Gasteiger partial charge in [0.2, 0.25) is 5.91 Å². The summed E-state index contributed by atoms with van der Waals surface area (Å²) in [6, 6.07) is 11.8. The van der Waals surface area contributed by atoms with Crippen LogP contribution in [0.4, 0.5) is 0 Å². The second kappa shape index (κ2) is 6.90. The van der Waals surface area contributed by atoms with Crippen molar-refractivity contribution in [3.05, 3.63) is 65.6 Å². The van der Waals surface area contributed by atoms with Crippen molar-refractivity contribution >= 4 is 11.6 Å². The molecule has 3 aromatic rings. The van der Waals surface area contributed by atoms with E-state index in [1.165, 1.54) is 36.9 Å². The molecule has 2 heterocycles. The Hall–Kier alpha value is -2.69. The van der Waals surface area contributed by atoms with Gasteiger partial charge in [-0.05, 0) is 61.3 Å². The molecule has 1 aromatic carbocycles. The van der Waals surface area contributed by atoms with Crippen LogP contribution in [0, 0.1) is 5.92 Å². The van der Waals surface area contributed by atoms with Gasteiger partial charge in [-0.15, -0.1) is 0 Å². The van der Waals surface area contributed by atoms with E-state index in [1.54, 1.807) is 0 Å². The lowest BCUT2D eigenvalue weighted by Crippen LogP contribution is -2.20. The van der Waals surface area contributed by atoms with Crippen LogP contribution in [0.5, 0.6) is 0 Å². The first kappa shape index (κ1) is 16.8. The second-order valence-corrected chi connectivity index (χ2v) is 7.36. The molecular weight excluding hydrogens is 324 g/mol. The van der Waals surface area contributed by atoms with Crippen LogP contribution in [0.25, 0.3) is 5.65 Å². The van der Waals surface area contributed by atoms with Crippen molar-refractivity contribution in [1.82, 2.24) is 14.6 Å². The number of fused-ring (bicyclic) bond motifs is 1. The highest BCUT2D eigenvalue weighted by Gasteiger charge is 2.28. The summed E-state index contributed by atoms with van der Waals surface area (Å²) in [6.45, 7) is 2.29. The summed E-state index contributed by atoms with van der Waals surface area (Å²) in [4.78, 5) is 15.6. The third kappa shape index (κ3) is 3.09. The molecule has 5 heteroatoms. The molecule has 1 saturated carbocycles. The first-order valence-electron chi connectivity index (χ1n) is 9.32. The van der Waals surface area contributed by atoms with Crippen LogP contribution < -0.4 is 5.73 Å². The predicted molar refractivity (Wildman–Crippen MR) is 101 cm³/mol. The third-order valence-corrected chi connectivity index (χ3v) is 5.94. The highest BCUT2D eigenvalue weighted by Crippen LogP contribution is 2.41. The number of carbonyl (C=O) groups excluding carboxylic acids is 1. The minimum absolute atomic E-state index is 0.369. The number of rotatable bonds is 4. The van der Waals surface area contributed by atoms with E-state index in [4.69, 9.17) is 5.73 Å². The third-order valence-electron chi connectivity index (χ3n) is 5.94. The summed E-state index contributed by atoms with van der Waals surface area (Å²) in [7, 11) is 0. The number of hydrogen-bond acceptors (Lipinski definition) is 3. The molecule has 1 amide bonds. The Bertz CT molecular complexity index is 907. The summed E-state index contributed by atoms with van der Waals surface area (Å²) < 4.78 is 1.98. The topological polar surface area (TPSA) is 73.3 Å². The first-order chi connectivity index (χ1) is 12.6. The molecule has 1 aliphatic carbocycles. The van der Waals surface area contributed by atoms with Crippen LogP contribution >= 0.6 is 0 Å². The summed E-state index contributed by atoms with van der Waals surface area (Å²) in [5.74, 6) is 1.33. The monoisotopic (exact) mass is 348 g/mol. The SMILES string of the molecule is C[C@H](c1ccc(C(N)=O)cc1)C1CCC(c2ccnc3ccnn23)CC1. The maximum absolute atomic E-state index is 11.2. The van der Waals surface area contributed by atoms with Crippen molar-refractivity contribution in [3.63, 3.8) is 0 Å². The molecule has 1 aliphatic rings. The van der Waals surface area contributed by atoms with E-state index in [-0.39, 0.29) is 5.91 Å². The maximum atomic E-state index is 11.2. The van der Waals surface area contributed by atoms with Gasteiger partial charge in [0.15, 0.2) is 5.65 Å². The largest absolute Gasteiger partial charge is 0.366 e. The van der Waals surface area contributed by atoms with Gasteiger partial charge in [0, 0.05) is 29.4 Å². The van der Waals surface area contributed by atoms with Crippen LogP contribution in [0.2, 0.25) is 0 Å². The molecule has 0 radical (unpaired) electrons. The fourth-order valence-corrected chi connectivity index (χ4v) is 4.30. The van der Waals surface area contributed by atoms with Gasteiger partial charge in [0.25, 0.3) is 0 Å². The fraction of sp³-hybridized carbons (Fsp3) is 0.381. The molecule has 4 rings (SSSR count). The average molecular weight is 348 g/mol. The highest BCUT2D eigenvalue weighted by atomic mass is 16.1. The summed E-state index contributed by atoms with van der Waals surface area (Å²) in [5, 5.41) is 4.43. The molecule has 2 N–H and O–H groups in total. The van der Waals surface area contributed by atoms with Gasteiger partial charge in [-0.2, -0.15) is 5.10 Å². The lowest BCUT2D eigenvalue weighted by Gasteiger charge is -2.32. The van der Waals surface area contributed by atoms with Gasteiger partial charge in [0.05, 0.1) is 6.20 Å². The molecule has 2 aromatic heterocycles. The molecule has 134 valence electrons. The Kier molecular flexibility index (Phi) is 4.45. The number of benzene rings is 1. The Balaban J connectivity index is 1.44. The minimum atomic E-state index is -0.369. The van der Waals surface area contributed by atoms with Crippen LogP contribution in [0.3, 0.4) is 0 Å². The van der Waals surface area contributed by atoms with Gasteiger partial charge in [-0.1, -0.05) is 19.1 Å². The summed E-state index contributed by atoms with van der Waals surface area (Å²) in [6.07, 6.45) is 8.46.